The normalized spacial score (nSPS) is 25.5. The largest absolute Gasteiger partial charge is 0.448 e. The predicted molar refractivity (Wildman–Crippen MR) is 127 cm³/mol. The molecule has 3 aromatic rings. The van der Waals surface area contributed by atoms with Gasteiger partial charge in [0.05, 0.1) is 30.9 Å². The SMILES string of the molecule is O=C(OCC1c2ccccc2-c2ccccc21)N1C2COCC1CC(O)(Cc1cccnc1)C2. The summed E-state index contributed by atoms with van der Waals surface area (Å²) in [7, 11) is 0. The fraction of sp³-hybridized carbons (Fsp3) is 0.357. The number of nitrogens with zero attached hydrogens (tertiary/aromatic N) is 2. The highest BCUT2D eigenvalue weighted by atomic mass is 16.6. The van der Waals surface area contributed by atoms with Gasteiger partial charge in [0, 0.05) is 24.7 Å². The Kier molecular flexibility index (Phi) is 5.35. The van der Waals surface area contributed by atoms with Crippen molar-refractivity contribution < 1.29 is 19.4 Å². The van der Waals surface area contributed by atoms with Crippen molar-refractivity contribution in [2.45, 2.75) is 42.9 Å². The second-order valence-corrected chi connectivity index (χ2v) is 9.73. The Morgan fingerprint density at radius 3 is 2.26 bits per heavy atom. The molecular formula is C28H28N2O4. The van der Waals surface area contributed by atoms with Crippen molar-refractivity contribution in [2.24, 2.45) is 0 Å². The van der Waals surface area contributed by atoms with E-state index in [9.17, 15) is 9.90 Å². The van der Waals surface area contributed by atoms with Crippen molar-refractivity contribution in [1.82, 2.24) is 9.88 Å². The van der Waals surface area contributed by atoms with E-state index in [1.165, 1.54) is 22.3 Å². The van der Waals surface area contributed by atoms with Crippen LogP contribution >= 0.6 is 0 Å². The number of morpholine rings is 1. The molecule has 6 nitrogen and oxygen atoms in total. The predicted octanol–water partition coefficient (Wildman–Crippen LogP) is 4.17. The molecule has 2 aromatic carbocycles. The van der Waals surface area contributed by atoms with E-state index in [1.807, 2.05) is 41.3 Å². The molecule has 3 heterocycles. The molecule has 2 bridgehead atoms. The number of carbonyl (C=O) groups is 1. The maximum Gasteiger partial charge on any atom is 0.410 e. The molecule has 1 aliphatic carbocycles. The molecule has 3 aliphatic rings. The van der Waals surface area contributed by atoms with Crippen LogP contribution < -0.4 is 0 Å². The van der Waals surface area contributed by atoms with Gasteiger partial charge in [-0.05, 0) is 46.7 Å². The molecule has 2 unspecified atom stereocenters. The Bertz CT molecular complexity index is 1140. The summed E-state index contributed by atoms with van der Waals surface area (Å²) in [6.07, 6.45) is 4.65. The fourth-order valence-corrected chi connectivity index (χ4v) is 6.07. The number of rotatable bonds is 4. The minimum atomic E-state index is -0.887. The van der Waals surface area contributed by atoms with Crippen LogP contribution in [0.2, 0.25) is 0 Å². The number of pyridine rings is 1. The lowest BCUT2D eigenvalue weighted by Gasteiger charge is -2.51. The highest BCUT2D eigenvalue weighted by Gasteiger charge is 2.48. The van der Waals surface area contributed by atoms with Gasteiger partial charge in [0.25, 0.3) is 0 Å². The molecule has 6 heteroatoms. The highest BCUT2D eigenvalue weighted by Crippen LogP contribution is 2.45. The van der Waals surface area contributed by atoms with E-state index in [0.717, 1.165) is 5.56 Å². The Morgan fingerprint density at radius 1 is 1.00 bits per heavy atom. The minimum absolute atomic E-state index is 0.0275. The highest BCUT2D eigenvalue weighted by molar-refractivity contribution is 5.79. The monoisotopic (exact) mass is 456 g/mol. The zero-order chi connectivity index (χ0) is 23.1. The summed E-state index contributed by atoms with van der Waals surface area (Å²) in [5.41, 5.74) is 4.93. The number of aliphatic hydroxyl groups is 1. The lowest BCUT2D eigenvalue weighted by Crippen LogP contribution is -2.64. The molecule has 2 atom stereocenters. The van der Waals surface area contributed by atoms with Gasteiger partial charge in [-0.3, -0.25) is 9.88 Å². The van der Waals surface area contributed by atoms with E-state index in [4.69, 9.17) is 9.47 Å². The number of fused-ring (bicyclic) bond motifs is 5. The summed E-state index contributed by atoms with van der Waals surface area (Å²) < 4.78 is 11.7. The van der Waals surface area contributed by atoms with Gasteiger partial charge in [0.2, 0.25) is 0 Å². The van der Waals surface area contributed by atoms with Gasteiger partial charge in [0.15, 0.2) is 0 Å². The molecule has 6 rings (SSSR count). The number of amides is 1. The molecular weight excluding hydrogens is 428 g/mol. The number of carbonyl (C=O) groups excluding carboxylic acids is 1. The Balaban J connectivity index is 1.17. The molecule has 174 valence electrons. The van der Waals surface area contributed by atoms with Crippen LogP contribution in [0.25, 0.3) is 11.1 Å². The minimum Gasteiger partial charge on any atom is -0.448 e. The average molecular weight is 457 g/mol. The quantitative estimate of drug-likeness (QED) is 0.638. The lowest BCUT2D eigenvalue weighted by atomic mass is 9.78. The molecule has 2 aliphatic heterocycles. The molecule has 2 saturated heterocycles. The summed E-state index contributed by atoms with van der Waals surface area (Å²) in [6, 6.07) is 20.1. The Hall–Kier alpha value is -3.22. The molecule has 1 aromatic heterocycles. The zero-order valence-corrected chi connectivity index (χ0v) is 19.0. The molecule has 0 spiro atoms. The third-order valence-corrected chi connectivity index (χ3v) is 7.44. The zero-order valence-electron chi connectivity index (χ0n) is 19.0. The van der Waals surface area contributed by atoms with Gasteiger partial charge < -0.3 is 14.6 Å². The van der Waals surface area contributed by atoms with Crippen LogP contribution in [0.15, 0.2) is 73.1 Å². The van der Waals surface area contributed by atoms with Crippen LogP contribution in [0.3, 0.4) is 0 Å². The van der Waals surface area contributed by atoms with E-state index >= 15 is 0 Å². The molecule has 2 fully saturated rings. The summed E-state index contributed by atoms with van der Waals surface area (Å²) in [5.74, 6) is 0.0275. The van der Waals surface area contributed by atoms with E-state index < -0.39 is 5.60 Å². The number of aromatic nitrogens is 1. The van der Waals surface area contributed by atoms with E-state index in [2.05, 4.69) is 29.2 Å². The fourth-order valence-electron chi connectivity index (χ4n) is 6.07. The van der Waals surface area contributed by atoms with E-state index in [-0.39, 0.29) is 24.1 Å². The van der Waals surface area contributed by atoms with Crippen molar-refractivity contribution in [3.63, 3.8) is 0 Å². The first-order chi connectivity index (χ1) is 16.6. The van der Waals surface area contributed by atoms with Crippen molar-refractivity contribution >= 4 is 6.09 Å². The first kappa shape index (κ1) is 21.3. The van der Waals surface area contributed by atoms with Crippen molar-refractivity contribution in [3.05, 3.63) is 89.7 Å². The third kappa shape index (κ3) is 3.77. The average Bonchev–Trinajstić information content (AvgIpc) is 3.16. The first-order valence-electron chi connectivity index (χ1n) is 11.9. The van der Waals surface area contributed by atoms with Crippen LogP contribution in [0, 0.1) is 0 Å². The Labute approximate surface area is 199 Å². The number of benzene rings is 2. The van der Waals surface area contributed by atoms with Crippen molar-refractivity contribution in [1.29, 1.82) is 0 Å². The van der Waals surface area contributed by atoms with Crippen LogP contribution in [0.5, 0.6) is 0 Å². The molecule has 34 heavy (non-hydrogen) atoms. The molecule has 0 saturated carbocycles. The van der Waals surface area contributed by atoms with E-state index in [0.29, 0.717) is 39.1 Å². The molecule has 1 N–H and O–H groups in total. The number of piperidine rings is 1. The summed E-state index contributed by atoms with van der Waals surface area (Å²) in [6.45, 7) is 1.12. The van der Waals surface area contributed by atoms with Crippen LogP contribution in [-0.2, 0) is 15.9 Å². The molecule has 1 amide bonds. The summed E-state index contributed by atoms with van der Waals surface area (Å²) in [5, 5.41) is 11.4. The standard InChI is InChI=1S/C28H28N2O4/c31-27(34-18-26-24-9-3-1-7-22(24)23-8-2-4-10-25(23)26)30-20-13-28(32,14-21(30)17-33-16-20)12-19-6-5-11-29-15-19/h1-11,15,20-21,26,32H,12-14,16-18H2. The number of hydrogen-bond acceptors (Lipinski definition) is 5. The first-order valence-corrected chi connectivity index (χ1v) is 11.9. The van der Waals surface area contributed by atoms with Gasteiger partial charge in [-0.2, -0.15) is 0 Å². The Morgan fingerprint density at radius 2 is 1.65 bits per heavy atom. The molecule has 0 radical (unpaired) electrons. The lowest BCUT2D eigenvalue weighted by molar-refractivity contribution is -0.132. The van der Waals surface area contributed by atoms with Gasteiger partial charge in [-0.25, -0.2) is 4.79 Å². The third-order valence-electron chi connectivity index (χ3n) is 7.44. The topological polar surface area (TPSA) is 71.9 Å². The van der Waals surface area contributed by atoms with Gasteiger partial charge in [-0.1, -0.05) is 54.6 Å². The van der Waals surface area contributed by atoms with Gasteiger partial charge >= 0.3 is 6.09 Å². The maximum absolute atomic E-state index is 13.3. The van der Waals surface area contributed by atoms with Crippen molar-refractivity contribution in [2.75, 3.05) is 19.8 Å². The maximum atomic E-state index is 13.3. The second-order valence-electron chi connectivity index (χ2n) is 9.73. The van der Waals surface area contributed by atoms with E-state index in [1.54, 1.807) is 12.4 Å². The second kappa shape index (κ2) is 8.53. The van der Waals surface area contributed by atoms with Crippen LogP contribution in [0.1, 0.15) is 35.4 Å². The summed E-state index contributed by atoms with van der Waals surface area (Å²) >= 11 is 0. The van der Waals surface area contributed by atoms with Gasteiger partial charge in [0.1, 0.15) is 6.61 Å². The van der Waals surface area contributed by atoms with Gasteiger partial charge in [-0.15, -0.1) is 0 Å². The van der Waals surface area contributed by atoms with Crippen LogP contribution in [0.4, 0.5) is 4.79 Å². The number of hydrogen-bond donors (Lipinski definition) is 1. The summed E-state index contributed by atoms with van der Waals surface area (Å²) in [4.78, 5) is 19.3. The number of ether oxygens (including phenoxy) is 2. The smallest absolute Gasteiger partial charge is 0.410 e. The van der Waals surface area contributed by atoms with Crippen molar-refractivity contribution in [3.8, 4) is 11.1 Å². The van der Waals surface area contributed by atoms with Crippen LogP contribution in [-0.4, -0.2) is 58.6 Å².